The number of alkyl halides is 4. The molecule has 20 heavy (non-hydrogen) atoms. The van der Waals surface area contributed by atoms with Crippen LogP contribution in [0.2, 0.25) is 0 Å². The summed E-state index contributed by atoms with van der Waals surface area (Å²) in [5.41, 5.74) is -1.93. The Bertz CT molecular complexity index is 514. The van der Waals surface area contributed by atoms with Gasteiger partial charge in [-0.15, -0.1) is 0 Å². The fourth-order valence-electron chi connectivity index (χ4n) is 2.00. The highest BCUT2D eigenvalue weighted by atomic mass is 79.9. The first-order valence-corrected chi connectivity index (χ1v) is 7.21. The number of amides is 1. The summed E-state index contributed by atoms with van der Waals surface area (Å²) < 4.78 is 51.8. The Morgan fingerprint density at radius 1 is 1.35 bits per heavy atom. The maximum Gasteiger partial charge on any atom is 0.419 e. The lowest BCUT2D eigenvalue weighted by molar-refractivity contribution is -0.140. The van der Waals surface area contributed by atoms with Crippen molar-refractivity contribution in [2.45, 2.75) is 25.1 Å². The molecule has 0 saturated heterocycles. The molecule has 1 aliphatic carbocycles. The number of carbonyl (C=O) groups is 1. The van der Waals surface area contributed by atoms with Crippen LogP contribution in [0.3, 0.4) is 0 Å². The summed E-state index contributed by atoms with van der Waals surface area (Å²) in [5, 5.41) is 0.496. The van der Waals surface area contributed by atoms with E-state index in [0.29, 0.717) is 17.9 Å². The first-order valence-electron chi connectivity index (χ1n) is 6.09. The topological polar surface area (TPSA) is 20.3 Å². The van der Waals surface area contributed by atoms with Gasteiger partial charge in [-0.1, -0.05) is 22.0 Å². The Hall–Kier alpha value is -1.11. The molecule has 0 heterocycles. The fraction of sp³-hybridized carbons (Fsp3) is 0.462. The van der Waals surface area contributed by atoms with Gasteiger partial charge >= 0.3 is 6.18 Å². The molecule has 0 unspecified atom stereocenters. The molecule has 1 amide bonds. The second-order valence-electron chi connectivity index (χ2n) is 4.58. The molecule has 1 aliphatic rings. The van der Waals surface area contributed by atoms with Gasteiger partial charge < -0.3 is 4.90 Å². The first kappa shape index (κ1) is 15.3. The van der Waals surface area contributed by atoms with Crippen molar-refractivity contribution in [1.29, 1.82) is 0 Å². The lowest BCUT2D eigenvalue weighted by Crippen LogP contribution is -2.35. The van der Waals surface area contributed by atoms with Crippen LogP contribution in [0.5, 0.6) is 0 Å². The van der Waals surface area contributed by atoms with Crippen molar-refractivity contribution in [1.82, 2.24) is 4.90 Å². The van der Waals surface area contributed by atoms with Gasteiger partial charge in [0.15, 0.2) is 0 Å². The molecule has 0 atom stereocenters. The van der Waals surface area contributed by atoms with Crippen molar-refractivity contribution in [2.24, 2.45) is 0 Å². The fourth-order valence-corrected chi connectivity index (χ4v) is 2.38. The summed E-state index contributed by atoms with van der Waals surface area (Å²) in [4.78, 5) is 13.6. The standard InChI is InChI=1S/C13H12BrF4NO/c14-6-7-19(8-4-5-8)12(20)9-2-1-3-10(11(9)15)13(16,17)18/h1-3,8H,4-7H2. The van der Waals surface area contributed by atoms with Gasteiger partial charge in [-0.05, 0) is 25.0 Å². The van der Waals surface area contributed by atoms with Crippen molar-refractivity contribution in [3.63, 3.8) is 0 Å². The minimum Gasteiger partial charge on any atom is -0.335 e. The van der Waals surface area contributed by atoms with Crippen molar-refractivity contribution in [3.8, 4) is 0 Å². The number of carbonyl (C=O) groups excluding carboxylic acids is 1. The van der Waals surface area contributed by atoms with Crippen LogP contribution in [0.25, 0.3) is 0 Å². The molecule has 0 N–H and O–H groups in total. The Balaban J connectivity index is 2.34. The molecular formula is C13H12BrF4NO. The van der Waals surface area contributed by atoms with Gasteiger partial charge in [-0.3, -0.25) is 4.79 Å². The van der Waals surface area contributed by atoms with Crippen LogP contribution >= 0.6 is 15.9 Å². The monoisotopic (exact) mass is 353 g/mol. The van der Waals surface area contributed by atoms with Crippen LogP contribution in [0.4, 0.5) is 17.6 Å². The third-order valence-corrected chi connectivity index (χ3v) is 3.46. The van der Waals surface area contributed by atoms with E-state index in [0.717, 1.165) is 25.0 Å². The summed E-state index contributed by atoms with van der Waals surface area (Å²) in [6.07, 6.45) is -3.20. The van der Waals surface area contributed by atoms with E-state index in [1.807, 2.05) is 0 Å². The zero-order valence-corrected chi connectivity index (χ0v) is 12.0. The number of benzene rings is 1. The van der Waals surface area contributed by atoms with Crippen LogP contribution in [0.1, 0.15) is 28.8 Å². The van der Waals surface area contributed by atoms with Crippen molar-refractivity contribution in [3.05, 3.63) is 35.1 Å². The molecule has 0 radical (unpaired) electrons. The van der Waals surface area contributed by atoms with Gasteiger partial charge in [0.2, 0.25) is 0 Å². The maximum atomic E-state index is 13.9. The third kappa shape index (κ3) is 3.13. The minimum atomic E-state index is -4.81. The highest BCUT2D eigenvalue weighted by molar-refractivity contribution is 9.09. The van der Waals surface area contributed by atoms with Gasteiger partial charge in [-0.25, -0.2) is 4.39 Å². The van der Waals surface area contributed by atoms with E-state index in [2.05, 4.69) is 15.9 Å². The maximum absolute atomic E-state index is 13.9. The van der Waals surface area contributed by atoms with E-state index >= 15 is 0 Å². The molecule has 7 heteroatoms. The quantitative estimate of drug-likeness (QED) is 0.594. The molecule has 2 nitrogen and oxygen atoms in total. The molecule has 1 aromatic carbocycles. The van der Waals surface area contributed by atoms with Gasteiger partial charge in [0.05, 0.1) is 11.1 Å². The van der Waals surface area contributed by atoms with Crippen LogP contribution in [-0.2, 0) is 6.18 Å². The predicted octanol–water partition coefficient (Wildman–Crippen LogP) is 3.84. The molecule has 0 aliphatic heterocycles. The van der Waals surface area contributed by atoms with E-state index in [-0.39, 0.29) is 6.04 Å². The number of hydrogen-bond donors (Lipinski definition) is 0. The zero-order valence-electron chi connectivity index (χ0n) is 10.4. The highest BCUT2D eigenvalue weighted by Gasteiger charge is 2.38. The Morgan fingerprint density at radius 2 is 2.00 bits per heavy atom. The SMILES string of the molecule is O=C(c1cccc(C(F)(F)F)c1F)N(CCBr)C1CC1. The van der Waals surface area contributed by atoms with Crippen LogP contribution in [-0.4, -0.2) is 28.7 Å². The smallest absolute Gasteiger partial charge is 0.335 e. The predicted molar refractivity (Wildman–Crippen MR) is 69.3 cm³/mol. The average Bonchev–Trinajstić information content (AvgIpc) is 3.18. The van der Waals surface area contributed by atoms with Gasteiger partial charge in [0, 0.05) is 17.9 Å². The average molecular weight is 354 g/mol. The molecule has 0 spiro atoms. The van der Waals surface area contributed by atoms with Crippen molar-refractivity contribution < 1.29 is 22.4 Å². The molecule has 2 rings (SSSR count). The number of rotatable bonds is 4. The third-order valence-electron chi connectivity index (χ3n) is 3.11. The van der Waals surface area contributed by atoms with Crippen LogP contribution in [0, 0.1) is 5.82 Å². The summed E-state index contributed by atoms with van der Waals surface area (Å²) >= 11 is 3.18. The lowest BCUT2D eigenvalue weighted by atomic mass is 10.1. The first-order chi connectivity index (χ1) is 9.36. The molecule has 110 valence electrons. The summed E-state index contributed by atoms with van der Waals surface area (Å²) in [7, 11) is 0. The number of halogens is 5. The lowest BCUT2D eigenvalue weighted by Gasteiger charge is -2.22. The van der Waals surface area contributed by atoms with Gasteiger partial charge in [-0.2, -0.15) is 13.2 Å². The zero-order chi connectivity index (χ0) is 14.9. The number of hydrogen-bond acceptors (Lipinski definition) is 1. The molecule has 0 aromatic heterocycles. The summed E-state index contributed by atoms with van der Waals surface area (Å²) in [5.74, 6) is -2.18. The number of nitrogens with zero attached hydrogens (tertiary/aromatic N) is 1. The van der Waals surface area contributed by atoms with E-state index in [1.165, 1.54) is 4.90 Å². The van der Waals surface area contributed by atoms with Crippen molar-refractivity contribution in [2.75, 3.05) is 11.9 Å². The van der Waals surface area contributed by atoms with Gasteiger partial charge in [0.25, 0.3) is 5.91 Å². The van der Waals surface area contributed by atoms with Gasteiger partial charge in [0.1, 0.15) is 5.82 Å². The van der Waals surface area contributed by atoms with E-state index < -0.39 is 29.0 Å². The molecule has 1 fully saturated rings. The molecule has 1 aromatic rings. The summed E-state index contributed by atoms with van der Waals surface area (Å²) in [6, 6.07) is 2.79. The Kier molecular flexibility index (Phi) is 4.36. The molecule has 1 saturated carbocycles. The largest absolute Gasteiger partial charge is 0.419 e. The van der Waals surface area contributed by atoms with E-state index in [1.54, 1.807) is 0 Å². The highest BCUT2D eigenvalue weighted by Crippen LogP contribution is 2.34. The van der Waals surface area contributed by atoms with Crippen LogP contribution < -0.4 is 0 Å². The van der Waals surface area contributed by atoms with Crippen molar-refractivity contribution >= 4 is 21.8 Å². The minimum absolute atomic E-state index is 0.00833. The Labute approximate surface area is 121 Å². The normalized spacial score (nSPS) is 15.2. The van der Waals surface area contributed by atoms with Crippen LogP contribution in [0.15, 0.2) is 18.2 Å². The summed E-state index contributed by atoms with van der Waals surface area (Å²) in [6.45, 7) is 0.346. The molecule has 0 bridgehead atoms. The molecular weight excluding hydrogens is 342 g/mol. The Morgan fingerprint density at radius 3 is 2.50 bits per heavy atom. The second kappa shape index (κ2) is 5.71. The van der Waals surface area contributed by atoms with E-state index in [9.17, 15) is 22.4 Å². The second-order valence-corrected chi connectivity index (χ2v) is 5.38. The van der Waals surface area contributed by atoms with E-state index in [4.69, 9.17) is 0 Å².